The molecule has 2 heterocycles. The van der Waals surface area contributed by atoms with Gasteiger partial charge in [-0.05, 0) is 62.2 Å². The number of benzene rings is 2. The fourth-order valence-corrected chi connectivity index (χ4v) is 3.34. The highest BCUT2D eigenvalue weighted by molar-refractivity contribution is 5.92. The van der Waals surface area contributed by atoms with Crippen molar-refractivity contribution >= 4 is 22.6 Å². The summed E-state index contributed by atoms with van der Waals surface area (Å²) in [5.74, 6) is -1.00. The van der Waals surface area contributed by atoms with Crippen LogP contribution in [0.5, 0.6) is 5.88 Å². The Hall–Kier alpha value is -3.81. The second-order valence-electron chi connectivity index (χ2n) is 7.25. The number of aryl methyl sites for hydroxylation is 3. The highest BCUT2D eigenvalue weighted by Crippen LogP contribution is 2.27. The van der Waals surface area contributed by atoms with E-state index in [-0.39, 0.29) is 18.3 Å². The van der Waals surface area contributed by atoms with E-state index in [4.69, 9.17) is 4.74 Å². The number of nitrogens with one attached hydrogen (secondary N) is 1. The van der Waals surface area contributed by atoms with Gasteiger partial charge in [-0.3, -0.25) is 4.79 Å². The Morgan fingerprint density at radius 3 is 2.61 bits per heavy atom. The molecule has 1 amide bonds. The highest BCUT2D eigenvalue weighted by Gasteiger charge is 2.16. The summed E-state index contributed by atoms with van der Waals surface area (Å²) in [6.07, 6.45) is 0. The predicted octanol–water partition coefficient (Wildman–Crippen LogP) is 4.64. The SMILES string of the molecule is Cc1ccc(NC(=O)COc2cc(C)c3c(C)nn(-c4cccc(F)c4)c3n2)cc1F. The van der Waals surface area contributed by atoms with E-state index >= 15 is 0 Å². The number of hydrogen-bond donors (Lipinski definition) is 1. The van der Waals surface area contributed by atoms with E-state index < -0.39 is 11.7 Å². The van der Waals surface area contributed by atoms with Crippen LogP contribution in [-0.4, -0.2) is 27.3 Å². The Bertz CT molecular complexity index is 1300. The summed E-state index contributed by atoms with van der Waals surface area (Å²) in [4.78, 5) is 16.7. The molecule has 0 saturated carbocycles. The van der Waals surface area contributed by atoms with Crippen molar-refractivity contribution in [3.63, 3.8) is 0 Å². The van der Waals surface area contributed by atoms with E-state index in [0.29, 0.717) is 22.6 Å². The van der Waals surface area contributed by atoms with E-state index in [2.05, 4.69) is 15.4 Å². The number of halogens is 2. The van der Waals surface area contributed by atoms with Crippen molar-refractivity contribution in [2.45, 2.75) is 20.8 Å². The van der Waals surface area contributed by atoms with Crippen LogP contribution in [0.15, 0.2) is 48.5 Å². The fourth-order valence-electron chi connectivity index (χ4n) is 3.34. The molecule has 4 rings (SSSR count). The third-order valence-electron chi connectivity index (χ3n) is 4.85. The summed E-state index contributed by atoms with van der Waals surface area (Å²) >= 11 is 0. The lowest BCUT2D eigenvalue weighted by molar-refractivity contribution is -0.118. The van der Waals surface area contributed by atoms with Gasteiger partial charge in [0.15, 0.2) is 12.3 Å². The fraction of sp³-hybridized carbons (Fsp3) is 0.174. The maximum Gasteiger partial charge on any atom is 0.262 e. The van der Waals surface area contributed by atoms with E-state index in [9.17, 15) is 13.6 Å². The molecule has 6 nitrogen and oxygen atoms in total. The quantitative estimate of drug-likeness (QED) is 0.509. The molecule has 0 saturated heterocycles. The lowest BCUT2D eigenvalue weighted by atomic mass is 10.2. The average molecular weight is 422 g/mol. The van der Waals surface area contributed by atoms with Crippen molar-refractivity contribution < 1.29 is 18.3 Å². The second kappa shape index (κ2) is 8.14. The number of fused-ring (bicyclic) bond motifs is 1. The number of hydrogen-bond acceptors (Lipinski definition) is 4. The van der Waals surface area contributed by atoms with Gasteiger partial charge >= 0.3 is 0 Å². The number of anilines is 1. The number of pyridine rings is 1. The maximum atomic E-state index is 13.7. The molecular formula is C23H20F2N4O2. The summed E-state index contributed by atoms with van der Waals surface area (Å²) < 4.78 is 34.5. The molecule has 0 unspecified atom stereocenters. The number of carbonyl (C=O) groups excluding carboxylic acids is 1. The van der Waals surface area contributed by atoms with Gasteiger partial charge in [0.2, 0.25) is 5.88 Å². The van der Waals surface area contributed by atoms with Gasteiger partial charge in [-0.15, -0.1) is 0 Å². The van der Waals surface area contributed by atoms with Crippen molar-refractivity contribution in [1.82, 2.24) is 14.8 Å². The summed E-state index contributed by atoms with van der Waals surface area (Å²) in [6, 6.07) is 12.2. The highest BCUT2D eigenvalue weighted by atomic mass is 19.1. The first-order valence-corrected chi connectivity index (χ1v) is 9.63. The number of ether oxygens (including phenoxy) is 1. The molecular weight excluding hydrogens is 402 g/mol. The second-order valence-corrected chi connectivity index (χ2v) is 7.25. The Morgan fingerprint density at radius 1 is 1.06 bits per heavy atom. The zero-order valence-electron chi connectivity index (χ0n) is 17.2. The van der Waals surface area contributed by atoms with Crippen LogP contribution in [0.1, 0.15) is 16.8 Å². The number of aromatic nitrogens is 3. The van der Waals surface area contributed by atoms with Crippen molar-refractivity contribution in [1.29, 1.82) is 0 Å². The molecule has 2 aromatic carbocycles. The first-order chi connectivity index (χ1) is 14.8. The summed E-state index contributed by atoms with van der Waals surface area (Å²) in [5.41, 5.74) is 3.47. The maximum absolute atomic E-state index is 13.7. The third-order valence-corrected chi connectivity index (χ3v) is 4.85. The molecule has 0 fully saturated rings. The summed E-state index contributed by atoms with van der Waals surface area (Å²) in [6.45, 7) is 5.07. The minimum absolute atomic E-state index is 0.229. The van der Waals surface area contributed by atoms with Crippen LogP contribution in [0.2, 0.25) is 0 Å². The Kier molecular flexibility index (Phi) is 5.37. The number of carbonyl (C=O) groups is 1. The van der Waals surface area contributed by atoms with Gasteiger partial charge in [-0.2, -0.15) is 10.1 Å². The zero-order chi connectivity index (χ0) is 22.1. The normalized spacial score (nSPS) is 11.0. The molecule has 0 bridgehead atoms. The van der Waals surface area contributed by atoms with Crippen LogP contribution in [0.4, 0.5) is 14.5 Å². The third kappa shape index (κ3) is 4.23. The molecule has 158 valence electrons. The lowest BCUT2D eigenvalue weighted by Gasteiger charge is -2.09. The molecule has 0 aliphatic heterocycles. The van der Waals surface area contributed by atoms with Crippen LogP contribution in [-0.2, 0) is 4.79 Å². The Balaban J connectivity index is 1.57. The van der Waals surface area contributed by atoms with Gasteiger partial charge in [0.1, 0.15) is 11.6 Å². The minimum Gasteiger partial charge on any atom is -0.467 e. The Morgan fingerprint density at radius 2 is 1.87 bits per heavy atom. The molecule has 0 radical (unpaired) electrons. The van der Waals surface area contributed by atoms with Crippen LogP contribution in [0.3, 0.4) is 0 Å². The molecule has 0 spiro atoms. The first-order valence-electron chi connectivity index (χ1n) is 9.63. The minimum atomic E-state index is -0.447. The predicted molar refractivity (Wildman–Crippen MR) is 114 cm³/mol. The summed E-state index contributed by atoms with van der Waals surface area (Å²) in [5, 5.41) is 7.91. The zero-order valence-corrected chi connectivity index (χ0v) is 17.2. The Labute approximate surface area is 177 Å². The smallest absolute Gasteiger partial charge is 0.262 e. The van der Waals surface area contributed by atoms with E-state index in [1.165, 1.54) is 18.2 Å². The van der Waals surface area contributed by atoms with Gasteiger partial charge in [-0.25, -0.2) is 13.5 Å². The van der Waals surface area contributed by atoms with Gasteiger partial charge < -0.3 is 10.1 Å². The van der Waals surface area contributed by atoms with Gasteiger partial charge in [0.25, 0.3) is 5.91 Å². The number of amides is 1. The van der Waals surface area contributed by atoms with E-state index in [1.54, 1.807) is 41.9 Å². The van der Waals surface area contributed by atoms with Gasteiger partial charge in [0, 0.05) is 17.1 Å². The molecule has 2 aromatic heterocycles. The summed E-state index contributed by atoms with van der Waals surface area (Å²) in [7, 11) is 0. The van der Waals surface area contributed by atoms with Crippen molar-refractivity contribution in [3.05, 3.63) is 77.0 Å². The molecule has 0 atom stereocenters. The van der Waals surface area contributed by atoms with Crippen molar-refractivity contribution in [2.75, 3.05) is 11.9 Å². The van der Waals surface area contributed by atoms with E-state index in [1.807, 2.05) is 13.8 Å². The van der Waals surface area contributed by atoms with Gasteiger partial charge in [-0.1, -0.05) is 12.1 Å². The van der Waals surface area contributed by atoms with E-state index in [0.717, 1.165) is 16.6 Å². The molecule has 1 N–H and O–H groups in total. The molecule has 0 aliphatic rings. The molecule has 4 aromatic rings. The van der Waals surface area contributed by atoms with Crippen LogP contribution >= 0.6 is 0 Å². The lowest BCUT2D eigenvalue weighted by Crippen LogP contribution is -2.20. The average Bonchev–Trinajstić information content (AvgIpc) is 3.06. The molecule has 0 aliphatic carbocycles. The van der Waals surface area contributed by atoms with Crippen molar-refractivity contribution in [3.8, 4) is 11.6 Å². The van der Waals surface area contributed by atoms with Crippen LogP contribution in [0.25, 0.3) is 16.7 Å². The molecule has 8 heteroatoms. The van der Waals surface area contributed by atoms with Crippen LogP contribution < -0.4 is 10.1 Å². The van der Waals surface area contributed by atoms with Gasteiger partial charge in [0.05, 0.1) is 11.4 Å². The molecule has 31 heavy (non-hydrogen) atoms. The largest absolute Gasteiger partial charge is 0.467 e. The number of nitrogens with zero attached hydrogens (tertiary/aromatic N) is 3. The first kappa shape index (κ1) is 20.5. The standard InChI is InChI=1S/C23H20F2N4O2/c1-13-7-8-17(11-19(13)25)26-20(30)12-31-21-9-14(2)22-15(3)28-29(23(22)27-21)18-6-4-5-16(24)10-18/h4-11H,12H2,1-3H3,(H,26,30). The topological polar surface area (TPSA) is 69.0 Å². The van der Waals surface area contributed by atoms with Crippen LogP contribution in [0, 0.1) is 32.4 Å². The number of rotatable bonds is 5. The van der Waals surface area contributed by atoms with Crippen molar-refractivity contribution in [2.24, 2.45) is 0 Å². The monoisotopic (exact) mass is 422 g/mol.